The molecule has 7 aromatic rings. The number of carbonyl (C=O) groups excluding carboxylic acids is 8. The molecule has 8 atom stereocenters. The van der Waals surface area contributed by atoms with Crippen molar-refractivity contribution in [2.75, 3.05) is 7.05 Å². The van der Waals surface area contributed by atoms with Gasteiger partial charge in [0, 0.05) is 36.7 Å². The van der Waals surface area contributed by atoms with Crippen molar-refractivity contribution in [2.24, 2.45) is 0 Å². The van der Waals surface area contributed by atoms with Gasteiger partial charge in [0.15, 0.2) is 23.0 Å². The van der Waals surface area contributed by atoms with E-state index in [-0.39, 0.29) is 83.1 Å². The van der Waals surface area contributed by atoms with Crippen LogP contribution in [0, 0.1) is 0 Å². The van der Waals surface area contributed by atoms with E-state index in [0.29, 0.717) is 0 Å². The van der Waals surface area contributed by atoms with Crippen LogP contribution in [0.25, 0.3) is 11.1 Å². The van der Waals surface area contributed by atoms with Gasteiger partial charge in [0.1, 0.15) is 94.2 Å². The first kappa shape index (κ1) is 63.4. The molecule has 6 heterocycles. The second-order valence-corrected chi connectivity index (χ2v) is 23.8. The molecule has 8 amide bonds. The Kier molecular flexibility index (Phi) is 17.0. The molecule has 29 heteroatoms. The van der Waals surface area contributed by atoms with Gasteiger partial charge in [-0.2, -0.15) is 0 Å². The number of carbonyl (C=O) groups is 8. The number of phenols is 6. The SMILES string of the molecule is CNC(=O)[C@@H]1NC(=O)[C@H]2NC(=O)[C@H](NC(=O)[C@@H]3NC(=O)[C@H]4NC(=O)[C@@H](Cc5ccc(c(Cl)c5)Oc5cc3cc(c5O)Oc3ccc(cc3Cl)[C@H]2O)NC(=O)[C@H](NC(=O)OC(C)(C)C)c2ccc(O)c(c2)Oc2cc(O)cc4c2)c2ccc(O)c(c2)-c2c(O)cc(O)cc21. The Morgan fingerprint density at radius 2 is 1.12 bits per heavy atom. The number of aromatic hydroxyl groups is 6. The van der Waals surface area contributed by atoms with Crippen molar-refractivity contribution in [3.63, 3.8) is 0 Å². The molecule has 480 valence electrons. The smallest absolute Gasteiger partial charge is 0.408 e. The van der Waals surface area contributed by atoms with Crippen LogP contribution in [-0.2, 0) is 44.7 Å². The molecule has 93 heavy (non-hydrogen) atoms. The fraction of sp³-hybridized carbons (Fsp3) is 0.219. The highest BCUT2D eigenvalue weighted by Crippen LogP contribution is 2.48. The standard InChI is InChI=1S/C64H56Cl2N8O19/c1-64(2,3)93-63(89)74-49-27-7-10-40(78)44(19-27)90-33-16-29(15-31(75)22-33)50-60(86)71-51-30-20-45(91-42-11-5-25(13-36(42)65)14-38(56(82)69-50)68-58(49)84)55(81)46(21-30)92-43-12-8-28(18-37(43)66)54(80)53-62(88)72-52(57(83)67-4)35-23-32(76)24-41(79)47(35)34-17-26(6-9-39(34)77)48(59(85)73-53)70-61(51)87/h5-13,15-24,38,48-54,75-81H,14H2,1-4H3,(H,67,83)(H,68,84)(H,69,82)(H,70,87)(H,71,86)(H,72,88)(H,73,85)(H,74,89)/t38-,48-,49-,50+,51-,52-,53+,54-/m1/s1. The topological polar surface area (TPSA) is 411 Å². The number of aliphatic hydroxyl groups excluding tert-OH is 1. The largest absolute Gasteiger partial charge is 0.508 e. The number of fused-ring (bicyclic) bond motifs is 14. The first-order valence-electron chi connectivity index (χ1n) is 28.4. The molecule has 0 aliphatic carbocycles. The molecule has 0 aromatic heterocycles. The second kappa shape index (κ2) is 24.9. The molecule has 17 bridgehead atoms. The molecule has 15 N–H and O–H groups in total. The summed E-state index contributed by atoms with van der Waals surface area (Å²) in [7, 11) is 1.21. The van der Waals surface area contributed by atoms with Crippen molar-refractivity contribution in [3.05, 3.63) is 164 Å². The Morgan fingerprint density at radius 1 is 0.538 bits per heavy atom. The first-order chi connectivity index (χ1) is 44.1. The van der Waals surface area contributed by atoms with Crippen LogP contribution in [0.5, 0.6) is 69.0 Å². The van der Waals surface area contributed by atoms with Gasteiger partial charge in [0.05, 0.1) is 10.0 Å². The summed E-state index contributed by atoms with van der Waals surface area (Å²) in [5.41, 5.74) is -2.85. The summed E-state index contributed by atoms with van der Waals surface area (Å²) in [5, 5.41) is 101. The van der Waals surface area contributed by atoms with Crippen LogP contribution in [0.1, 0.15) is 96.0 Å². The Bertz CT molecular complexity index is 4310. The number of ether oxygens (including phenoxy) is 4. The summed E-state index contributed by atoms with van der Waals surface area (Å²) < 4.78 is 24.1. The van der Waals surface area contributed by atoms with Crippen LogP contribution in [0.15, 0.2) is 115 Å². The molecule has 0 radical (unpaired) electrons. The molecule has 0 saturated heterocycles. The average Bonchev–Trinajstić information content (AvgIpc) is 0.787. The maximum atomic E-state index is 15.9. The van der Waals surface area contributed by atoms with E-state index in [4.69, 9.17) is 42.1 Å². The highest BCUT2D eigenvalue weighted by Gasteiger charge is 2.42. The van der Waals surface area contributed by atoms with E-state index in [1.165, 1.54) is 55.6 Å². The normalized spacial score (nSPS) is 21.2. The number of benzene rings is 7. The van der Waals surface area contributed by atoms with Gasteiger partial charge in [0.25, 0.3) is 0 Å². The second-order valence-electron chi connectivity index (χ2n) is 23.0. The van der Waals surface area contributed by atoms with Gasteiger partial charge >= 0.3 is 6.09 Å². The van der Waals surface area contributed by atoms with Crippen LogP contribution < -0.4 is 56.7 Å². The monoisotopic (exact) mass is 1310 g/mol. The molecule has 0 saturated carbocycles. The number of halogens is 2. The summed E-state index contributed by atoms with van der Waals surface area (Å²) in [6.45, 7) is 4.73. The van der Waals surface area contributed by atoms with Gasteiger partial charge in [0.2, 0.25) is 47.1 Å². The van der Waals surface area contributed by atoms with Gasteiger partial charge < -0.3 is 97.2 Å². The van der Waals surface area contributed by atoms with Crippen molar-refractivity contribution in [3.8, 4) is 80.1 Å². The lowest BCUT2D eigenvalue weighted by Crippen LogP contribution is -2.56. The van der Waals surface area contributed by atoms with Crippen LogP contribution in [-0.4, -0.2) is 108 Å². The van der Waals surface area contributed by atoms with Crippen molar-refractivity contribution in [1.82, 2.24) is 42.5 Å². The fourth-order valence-electron chi connectivity index (χ4n) is 10.9. The van der Waals surface area contributed by atoms with Crippen LogP contribution >= 0.6 is 23.2 Å². The third-order valence-corrected chi connectivity index (χ3v) is 15.9. The number of hydrogen-bond acceptors (Lipinski definition) is 19. The number of aliphatic hydroxyl groups is 1. The zero-order chi connectivity index (χ0) is 66.6. The summed E-state index contributed by atoms with van der Waals surface area (Å²) in [5.74, 6) is -14.2. The van der Waals surface area contributed by atoms with Crippen molar-refractivity contribution in [2.45, 2.75) is 81.2 Å². The predicted molar refractivity (Wildman–Crippen MR) is 327 cm³/mol. The fourth-order valence-corrected chi connectivity index (χ4v) is 11.4. The van der Waals surface area contributed by atoms with Gasteiger partial charge in [-0.1, -0.05) is 47.5 Å². The molecule has 6 aliphatic heterocycles. The quantitative estimate of drug-likeness (QED) is 0.0914. The third kappa shape index (κ3) is 13.1. The van der Waals surface area contributed by atoms with E-state index in [9.17, 15) is 54.9 Å². The van der Waals surface area contributed by atoms with Crippen LogP contribution in [0.4, 0.5) is 4.79 Å². The maximum Gasteiger partial charge on any atom is 0.408 e. The summed E-state index contributed by atoms with van der Waals surface area (Å²) >= 11 is 13.8. The maximum absolute atomic E-state index is 15.9. The van der Waals surface area contributed by atoms with Crippen molar-refractivity contribution >= 4 is 70.6 Å². The lowest BCUT2D eigenvalue weighted by atomic mass is 9.89. The van der Waals surface area contributed by atoms with Crippen LogP contribution in [0.3, 0.4) is 0 Å². The minimum absolute atomic E-state index is 0.00277. The Labute approximate surface area is 536 Å². The van der Waals surface area contributed by atoms with E-state index in [1.54, 1.807) is 20.8 Å². The van der Waals surface area contributed by atoms with E-state index in [1.807, 2.05) is 0 Å². The number of alkyl carbamates (subject to hydrolysis) is 1. The van der Waals surface area contributed by atoms with E-state index >= 15 is 19.2 Å². The van der Waals surface area contributed by atoms with Gasteiger partial charge in [-0.25, -0.2) is 4.79 Å². The van der Waals surface area contributed by atoms with Crippen molar-refractivity contribution < 1.29 is 93.0 Å². The summed E-state index contributed by atoms with van der Waals surface area (Å²) in [4.78, 5) is 119. The molecular formula is C64H56Cl2N8O19. The van der Waals surface area contributed by atoms with E-state index in [0.717, 1.165) is 66.7 Å². The minimum Gasteiger partial charge on any atom is -0.508 e. The molecule has 27 nitrogen and oxygen atoms in total. The Balaban J connectivity index is 1.13. The number of hydrogen-bond donors (Lipinski definition) is 15. The summed E-state index contributed by atoms with van der Waals surface area (Å²) in [6.07, 6.45) is -3.59. The molecule has 0 fully saturated rings. The van der Waals surface area contributed by atoms with E-state index < -0.39 is 154 Å². The number of nitrogens with one attached hydrogen (secondary N) is 8. The number of phenolic OH excluding ortho intramolecular Hbond substituents is 6. The van der Waals surface area contributed by atoms with Gasteiger partial charge in [-0.3, -0.25) is 33.6 Å². The highest BCUT2D eigenvalue weighted by molar-refractivity contribution is 6.32. The minimum atomic E-state index is -2.19. The zero-order valence-electron chi connectivity index (χ0n) is 49.1. The van der Waals surface area contributed by atoms with Crippen molar-refractivity contribution in [1.29, 1.82) is 0 Å². The molecule has 0 spiro atoms. The average molecular weight is 1310 g/mol. The number of likely N-dealkylation sites (N-methyl/N-ethyl adjacent to an activating group) is 1. The first-order valence-corrected chi connectivity index (χ1v) is 29.1. The summed E-state index contributed by atoms with van der Waals surface area (Å²) in [6, 6.07) is 8.32. The lowest BCUT2D eigenvalue weighted by Gasteiger charge is -2.31. The Morgan fingerprint density at radius 3 is 1.77 bits per heavy atom. The Hall–Kier alpha value is -11.2. The molecular weight excluding hydrogens is 1260 g/mol. The molecule has 7 aromatic carbocycles. The van der Waals surface area contributed by atoms with E-state index in [2.05, 4.69) is 42.5 Å². The lowest BCUT2D eigenvalue weighted by molar-refractivity contribution is -0.137. The van der Waals surface area contributed by atoms with Crippen LogP contribution in [0.2, 0.25) is 10.0 Å². The zero-order valence-corrected chi connectivity index (χ0v) is 50.6. The number of amides is 8. The van der Waals surface area contributed by atoms with Gasteiger partial charge in [-0.15, -0.1) is 0 Å². The molecule has 6 aliphatic rings. The highest BCUT2D eigenvalue weighted by atomic mass is 35.5. The van der Waals surface area contributed by atoms with Gasteiger partial charge in [-0.05, 0) is 139 Å². The molecule has 13 rings (SSSR count). The third-order valence-electron chi connectivity index (χ3n) is 15.3. The molecule has 0 unspecified atom stereocenters. The predicted octanol–water partition coefficient (Wildman–Crippen LogP) is 6.21. The number of rotatable bonds is 2.